The molecule has 0 aromatic heterocycles. The molecule has 7 nitrogen and oxygen atoms in total. The quantitative estimate of drug-likeness (QED) is 0.742. The number of carbonyl (C=O) groups is 1. The standard InChI is InChI=1S/C12H21NO6S2/c14-11(15)9-12(5-1-2-6-12)13-21(18,19)10-3-7-20(16,17)8-4-10/h10,13H,1-9H2,(H,14,15). The van der Waals surface area contributed by atoms with Gasteiger partial charge in [-0.25, -0.2) is 21.6 Å². The molecule has 21 heavy (non-hydrogen) atoms. The predicted octanol–water partition coefficient (Wildman–Crippen LogP) is 0.270. The summed E-state index contributed by atoms with van der Waals surface area (Å²) in [4.78, 5) is 11.0. The molecule has 0 amide bonds. The molecule has 2 rings (SSSR count). The molecule has 0 bridgehead atoms. The highest BCUT2D eigenvalue weighted by Gasteiger charge is 2.42. The summed E-state index contributed by atoms with van der Waals surface area (Å²) < 4.78 is 50.2. The first kappa shape index (κ1) is 16.7. The van der Waals surface area contributed by atoms with E-state index >= 15 is 0 Å². The van der Waals surface area contributed by atoms with E-state index in [9.17, 15) is 21.6 Å². The Morgan fingerprint density at radius 1 is 1.19 bits per heavy atom. The second-order valence-corrected chi connectivity index (χ2v) is 10.3. The third kappa shape index (κ3) is 4.17. The topological polar surface area (TPSA) is 118 Å². The summed E-state index contributed by atoms with van der Waals surface area (Å²) in [6.07, 6.45) is 2.58. The van der Waals surface area contributed by atoms with E-state index in [0.717, 1.165) is 12.8 Å². The van der Waals surface area contributed by atoms with E-state index in [1.165, 1.54) is 0 Å². The van der Waals surface area contributed by atoms with Crippen molar-refractivity contribution >= 4 is 25.8 Å². The number of sulfonamides is 1. The number of aliphatic carboxylic acids is 1. The number of nitrogens with one attached hydrogen (secondary N) is 1. The molecule has 2 fully saturated rings. The summed E-state index contributed by atoms with van der Waals surface area (Å²) in [5.41, 5.74) is -0.902. The maximum Gasteiger partial charge on any atom is 0.305 e. The van der Waals surface area contributed by atoms with Gasteiger partial charge in [-0.15, -0.1) is 0 Å². The molecule has 0 aromatic carbocycles. The lowest BCUT2D eigenvalue weighted by atomic mass is 9.95. The van der Waals surface area contributed by atoms with E-state index in [4.69, 9.17) is 5.11 Å². The Hall–Kier alpha value is -0.670. The van der Waals surface area contributed by atoms with E-state index in [1.807, 2.05) is 0 Å². The Morgan fingerprint density at radius 3 is 2.19 bits per heavy atom. The van der Waals surface area contributed by atoms with Gasteiger partial charge in [0.05, 0.1) is 23.2 Å². The Labute approximate surface area is 125 Å². The van der Waals surface area contributed by atoms with E-state index < -0.39 is 36.6 Å². The van der Waals surface area contributed by atoms with Crippen molar-refractivity contribution in [2.45, 2.75) is 55.7 Å². The lowest BCUT2D eigenvalue weighted by Crippen LogP contribution is -2.52. The van der Waals surface area contributed by atoms with Gasteiger partial charge in [0.2, 0.25) is 10.0 Å². The molecule has 0 aromatic rings. The van der Waals surface area contributed by atoms with Crippen molar-refractivity contribution in [2.24, 2.45) is 0 Å². The smallest absolute Gasteiger partial charge is 0.305 e. The first-order chi connectivity index (χ1) is 9.64. The molecule has 2 N–H and O–H groups in total. The van der Waals surface area contributed by atoms with Crippen LogP contribution in [0.1, 0.15) is 44.9 Å². The van der Waals surface area contributed by atoms with Crippen LogP contribution in [0.15, 0.2) is 0 Å². The summed E-state index contributed by atoms with van der Waals surface area (Å²) in [6, 6.07) is 0. The van der Waals surface area contributed by atoms with Crippen molar-refractivity contribution in [3.05, 3.63) is 0 Å². The highest BCUT2D eigenvalue weighted by molar-refractivity contribution is 7.92. The minimum Gasteiger partial charge on any atom is -0.481 e. The van der Waals surface area contributed by atoms with Crippen molar-refractivity contribution in [1.82, 2.24) is 4.72 Å². The fourth-order valence-electron chi connectivity index (χ4n) is 3.22. The molecule has 9 heteroatoms. The molecule has 0 atom stereocenters. The van der Waals surface area contributed by atoms with Crippen LogP contribution in [0, 0.1) is 0 Å². The van der Waals surface area contributed by atoms with Gasteiger partial charge in [-0.05, 0) is 25.7 Å². The van der Waals surface area contributed by atoms with Gasteiger partial charge < -0.3 is 5.11 Å². The first-order valence-electron chi connectivity index (χ1n) is 7.09. The van der Waals surface area contributed by atoms with Crippen LogP contribution in [0.2, 0.25) is 0 Å². The predicted molar refractivity (Wildman–Crippen MR) is 77.2 cm³/mol. The van der Waals surface area contributed by atoms with Crippen molar-refractivity contribution in [3.8, 4) is 0 Å². The number of hydrogen-bond donors (Lipinski definition) is 2. The summed E-state index contributed by atoms with van der Waals surface area (Å²) >= 11 is 0. The average Bonchev–Trinajstić information content (AvgIpc) is 2.74. The number of carboxylic acid groups (broad SMARTS) is 1. The molecule has 1 aliphatic carbocycles. The number of sulfone groups is 1. The molecule has 1 saturated carbocycles. The summed E-state index contributed by atoms with van der Waals surface area (Å²) in [7, 11) is -6.82. The molecular weight excluding hydrogens is 318 g/mol. The molecule has 2 aliphatic rings. The van der Waals surface area contributed by atoms with Gasteiger partial charge in [-0.2, -0.15) is 0 Å². The van der Waals surface area contributed by atoms with Crippen LogP contribution in [-0.2, 0) is 24.7 Å². The van der Waals surface area contributed by atoms with Gasteiger partial charge in [0, 0.05) is 5.54 Å². The van der Waals surface area contributed by atoms with E-state index in [0.29, 0.717) is 12.8 Å². The Morgan fingerprint density at radius 2 is 1.71 bits per heavy atom. The van der Waals surface area contributed by atoms with Gasteiger partial charge in [0.1, 0.15) is 9.84 Å². The van der Waals surface area contributed by atoms with Crippen molar-refractivity contribution in [2.75, 3.05) is 11.5 Å². The van der Waals surface area contributed by atoms with Crippen LogP contribution in [0.4, 0.5) is 0 Å². The second kappa shape index (κ2) is 5.85. The minimum absolute atomic E-state index is 0.0841. The Kier molecular flexibility index (Phi) is 4.65. The fraction of sp³-hybridized carbons (Fsp3) is 0.917. The fourth-order valence-corrected chi connectivity index (χ4v) is 6.91. The lowest BCUT2D eigenvalue weighted by Gasteiger charge is -2.31. The number of rotatable bonds is 5. The van der Waals surface area contributed by atoms with Crippen LogP contribution in [0.3, 0.4) is 0 Å². The van der Waals surface area contributed by atoms with Gasteiger partial charge in [0.15, 0.2) is 0 Å². The molecule has 1 saturated heterocycles. The lowest BCUT2D eigenvalue weighted by molar-refractivity contribution is -0.138. The summed E-state index contributed by atoms with van der Waals surface area (Å²) in [6.45, 7) is 0. The molecule has 1 heterocycles. The zero-order valence-corrected chi connectivity index (χ0v) is 13.4. The Balaban J connectivity index is 2.10. The van der Waals surface area contributed by atoms with Crippen molar-refractivity contribution in [3.63, 3.8) is 0 Å². The molecule has 122 valence electrons. The Bertz CT molecular complexity index is 590. The molecule has 0 radical (unpaired) electrons. The monoisotopic (exact) mass is 339 g/mol. The normalized spacial score (nSPS) is 25.7. The van der Waals surface area contributed by atoms with Crippen LogP contribution < -0.4 is 4.72 Å². The van der Waals surface area contributed by atoms with Gasteiger partial charge in [-0.3, -0.25) is 4.79 Å². The van der Waals surface area contributed by atoms with Gasteiger partial charge >= 0.3 is 5.97 Å². The van der Waals surface area contributed by atoms with Gasteiger partial charge in [0.25, 0.3) is 0 Å². The zero-order chi connectivity index (χ0) is 15.7. The highest BCUT2D eigenvalue weighted by Crippen LogP contribution is 2.34. The first-order valence-corrected chi connectivity index (χ1v) is 10.5. The van der Waals surface area contributed by atoms with E-state index in [2.05, 4.69) is 4.72 Å². The largest absolute Gasteiger partial charge is 0.481 e. The maximum absolute atomic E-state index is 12.4. The van der Waals surface area contributed by atoms with E-state index in [1.54, 1.807) is 0 Å². The van der Waals surface area contributed by atoms with Crippen LogP contribution >= 0.6 is 0 Å². The van der Waals surface area contributed by atoms with Crippen LogP contribution in [-0.4, -0.2) is 50.2 Å². The SMILES string of the molecule is O=C(O)CC1(NS(=O)(=O)C2CCS(=O)(=O)CC2)CCCC1. The molecular formula is C12H21NO6S2. The van der Waals surface area contributed by atoms with Crippen molar-refractivity contribution in [1.29, 1.82) is 0 Å². The average molecular weight is 339 g/mol. The van der Waals surface area contributed by atoms with Crippen molar-refractivity contribution < 1.29 is 26.7 Å². The maximum atomic E-state index is 12.4. The van der Waals surface area contributed by atoms with Gasteiger partial charge in [-0.1, -0.05) is 12.8 Å². The number of hydrogen-bond acceptors (Lipinski definition) is 5. The summed E-state index contributed by atoms with van der Waals surface area (Å²) in [5.74, 6) is -1.26. The third-order valence-corrected chi connectivity index (χ3v) is 8.13. The third-order valence-electron chi connectivity index (χ3n) is 4.35. The second-order valence-electron chi connectivity index (χ2n) is 6.06. The van der Waals surface area contributed by atoms with Crippen LogP contribution in [0.25, 0.3) is 0 Å². The highest BCUT2D eigenvalue weighted by atomic mass is 32.2. The molecule has 0 unspecified atom stereocenters. The minimum atomic E-state index is -3.70. The zero-order valence-electron chi connectivity index (χ0n) is 11.7. The molecule has 1 aliphatic heterocycles. The molecule has 0 spiro atoms. The van der Waals surface area contributed by atoms with Crippen LogP contribution in [0.5, 0.6) is 0 Å². The van der Waals surface area contributed by atoms with E-state index in [-0.39, 0.29) is 30.8 Å². The summed E-state index contributed by atoms with van der Waals surface area (Å²) in [5, 5.41) is 8.26. The number of carboxylic acids is 1.